The van der Waals surface area contributed by atoms with Crippen molar-refractivity contribution >= 4 is 12.2 Å². The summed E-state index contributed by atoms with van der Waals surface area (Å²) in [6.45, 7) is 10.4. The Kier molecular flexibility index (Phi) is 4.47. The number of nitrogens with one attached hydrogen (secondary N) is 1. The van der Waals surface area contributed by atoms with Crippen LogP contribution in [0.5, 0.6) is 5.75 Å². The lowest BCUT2D eigenvalue weighted by Crippen LogP contribution is -2.16. The number of aromatic amines is 1. The van der Waals surface area contributed by atoms with Crippen molar-refractivity contribution in [3.63, 3.8) is 0 Å². The zero-order valence-corrected chi connectivity index (χ0v) is 14.0. The number of hydrogen-bond donors (Lipinski definition) is 1. The van der Waals surface area contributed by atoms with Crippen LogP contribution in [0.15, 0.2) is 30.3 Å². The highest BCUT2D eigenvalue weighted by atomic mass is 32.1. The smallest absolute Gasteiger partial charge is 0.130 e. The Morgan fingerprint density at radius 3 is 2.29 bits per heavy atom. The molecule has 112 valence electrons. The van der Waals surface area contributed by atoms with Crippen LogP contribution >= 0.6 is 12.2 Å². The first-order chi connectivity index (χ1) is 9.75. The molecular weight excluding hydrogens is 280 g/mol. The van der Waals surface area contributed by atoms with Crippen LogP contribution in [0.1, 0.15) is 40.4 Å². The molecule has 4 heteroatoms. The van der Waals surface area contributed by atoms with Gasteiger partial charge in [-0.15, -0.1) is 0 Å². The zero-order chi connectivity index (χ0) is 15.6. The quantitative estimate of drug-likeness (QED) is 0.820. The van der Waals surface area contributed by atoms with Crippen LogP contribution in [0.4, 0.5) is 0 Å². The molecule has 1 aromatic heterocycles. The van der Waals surface area contributed by atoms with Gasteiger partial charge in [0.05, 0.1) is 6.10 Å². The van der Waals surface area contributed by atoms with Crippen molar-refractivity contribution in [1.82, 2.24) is 9.97 Å². The number of ether oxygens (including phenoxy) is 1. The normalized spacial score (nSPS) is 11.7. The fourth-order valence-corrected chi connectivity index (χ4v) is 2.16. The van der Waals surface area contributed by atoms with E-state index >= 15 is 0 Å². The number of hydrogen-bond acceptors (Lipinski definition) is 3. The monoisotopic (exact) mass is 302 g/mol. The summed E-state index contributed by atoms with van der Waals surface area (Å²) >= 11 is 5.28. The molecular formula is C17H22N2OS. The first-order valence-electron chi connectivity index (χ1n) is 7.14. The first-order valence-corrected chi connectivity index (χ1v) is 7.55. The van der Waals surface area contributed by atoms with E-state index in [1.807, 2.05) is 44.2 Å². The molecule has 0 bridgehead atoms. The van der Waals surface area contributed by atoms with Crippen LogP contribution < -0.4 is 4.74 Å². The maximum Gasteiger partial charge on any atom is 0.130 e. The molecule has 0 radical (unpaired) electrons. The minimum atomic E-state index is -0.0652. The van der Waals surface area contributed by atoms with Gasteiger partial charge in [0.25, 0.3) is 0 Å². The highest BCUT2D eigenvalue weighted by molar-refractivity contribution is 7.71. The Morgan fingerprint density at radius 2 is 1.76 bits per heavy atom. The number of H-pyrrole nitrogens is 1. The van der Waals surface area contributed by atoms with Crippen LogP contribution in [-0.4, -0.2) is 16.1 Å². The number of benzene rings is 1. The van der Waals surface area contributed by atoms with Gasteiger partial charge in [-0.05, 0) is 49.7 Å². The van der Waals surface area contributed by atoms with Gasteiger partial charge in [0.15, 0.2) is 0 Å². The summed E-state index contributed by atoms with van der Waals surface area (Å²) in [4.78, 5) is 7.81. The van der Waals surface area contributed by atoms with Gasteiger partial charge in [-0.2, -0.15) is 0 Å². The van der Waals surface area contributed by atoms with Crippen LogP contribution in [0.3, 0.4) is 0 Å². The summed E-state index contributed by atoms with van der Waals surface area (Å²) in [5.41, 5.74) is 1.99. The Hall–Kier alpha value is -1.68. The summed E-state index contributed by atoms with van der Waals surface area (Å²) in [6.07, 6.45) is 0.176. The largest absolute Gasteiger partial charge is 0.491 e. The van der Waals surface area contributed by atoms with Gasteiger partial charge >= 0.3 is 0 Å². The van der Waals surface area contributed by atoms with E-state index in [4.69, 9.17) is 17.0 Å². The van der Waals surface area contributed by atoms with Crippen molar-refractivity contribution in [2.24, 2.45) is 0 Å². The highest BCUT2D eigenvalue weighted by Crippen LogP contribution is 2.24. The predicted molar refractivity (Wildman–Crippen MR) is 89.3 cm³/mol. The summed E-state index contributed by atoms with van der Waals surface area (Å²) in [7, 11) is 0. The van der Waals surface area contributed by atoms with E-state index in [-0.39, 0.29) is 11.5 Å². The van der Waals surface area contributed by atoms with E-state index < -0.39 is 0 Å². The van der Waals surface area contributed by atoms with Crippen LogP contribution in [0, 0.1) is 4.64 Å². The highest BCUT2D eigenvalue weighted by Gasteiger charge is 2.17. The number of aromatic nitrogens is 2. The van der Waals surface area contributed by atoms with Gasteiger partial charge in [-0.3, -0.25) is 0 Å². The molecule has 1 heterocycles. The molecule has 0 aliphatic rings. The molecule has 0 spiro atoms. The number of rotatable bonds is 3. The lowest BCUT2D eigenvalue weighted by molar-refractivity contribution is 0.242. The van der Waals surface area contributed by atoms with E-state index in [2.05, 4.69) is 30.7 Å². The molecule has 0 saturated heterocycles. The summed E-state index contributed by atoms with van der Waals surface area (Å²) in [5, 5.41) is 0. The Morgan fingerprint density at radius 1 is 1.14 bits per heavy atom. The Labute approximate surface area is 131 Å². The van der Waals surface area contributed by atoms with Gasteiger partial charge in [-0.25, -0.2) is 4.98 Å². The SMILES string of the molecule is CC(C)Oc1ccc(-c2cc(=S)nc(C(C)(C)C)[nH]2)cc1. The van der Waals surface area contributed by atoms with Gasteiger partial charge in [0, 0.05) is 11.1 Å². The molecule has 0 amide bonds. The van der Waals surface area contributed by atoms with Crippen molar-refractivity contribution in [1.29, 1.82) is 0 Å². The predicted octanol–water partition coefficient (Wildman–Crippen LogP) is 4.89. The van der Waals surface area contributed by atoms with E-state index in [9.17, 15) is 0 Å². The average Bonchev–Trinajstić information content (AvgIpc) is 2.37. The van der Waals surface area contributed by atoms with Crippen LogP contribution in [-0.2, 0) is 5.41 Å². The topological polar surface area (TPSA) is 37.9 Å². The van der Waals surface area contributed by atoms with Crippen molar-refractivity contribution in [3.05, 3.63) is 40.8 Å². The fraction of sp³-hybridized carbons (Fsp3) is 0.412. The third kappa shape index (κ3) is 4.14. The molecule has 0 saturated carbocycles. The second-order valence-electron chi connectivity index (χ2n) is 6.42. The van der Waals surface area contributed by atoms with E-state index in [0.29, 0.717) is 4.64 Å². The lowest BCUT2D eigenvalue weighted by Gasteiger charge is -2.18. The molecule has 0 unspecified atom stereocenters. The standard InChI is InChI=1S/C17H22N2OS/c1-11(2)20-13-8-6-12(7-9-13)14-10-15(21)19-16(18-14)17(3,4)5/h6-11H,1-5H3,(H,18,19,21). The van der Waals surface area contributed by atoms with E-state index in [1.165, 1.54) is 0 Å². The lowest BCUT2D eigenvalue weighted by atomic mass is 9.95. The van der Waals surface area contributed by atoms with Gasteiger partial charge < -0.3 is 9.72 Å². The molecule has 0 fully saturated rings. The maximum absolute atomic E-state index is 5.66. The third-order valence-electron chi connectivity index (χ3n) is 2.99. The zero-order valence-electron chi connectivity index (χ0n) is 13.2. The number of nitrogens with zero attached hydrogens (tertiary/aromatic N) is 1. The maximum atomic E-state index is 5.66. The van der Waals surface area contributed by atoms with Crippen molar-refractivity contribution < 1.29 is 4.74 Å². The molecule has 2 aromatic rings. The van der Waals surface area contributed by atoms with E-state index in [1.54, 1.807) is 0 Å². The summed E-state index contributed by atoms with van der Waals surface area (Å²) in [5.74, 6) is 1.77. The fourth-order valence-electron chi connectivity index (χ4n) is 1.95. The molecule has 0 aliphatic heterocycles. The molecule has 0 atom stereocenters. The molecule has 21 heavy (non-hydrogen) atoms. The second-order valence-corrected chi connectivity index (χ2v) is 6.84. The third-order valence-corrected chi connectivity index (χ3v) is 3.20. The first kappa shape index (κ1) is 15.7. The van der Waals surface area contributed by atoms with Gasteiger partial charge in [0.2, 0.25) is 0 Å². The Bertz CT molecular complexity index is 666. The minimum Gasteiger partial charge on any atom is -0.491 e. The molecule has 1 N–H and O–H groups in total. The van der Waals surface area contributed by atoms with Crippen molar-refractivity contribution in [2.45, 2.75) is 46.1 Å². The van der Waals surface area contributed by atoms with Crippen LogP contribution in [0.2, 0.25) is 0 Å². The van der Waals surface area contributed by atoms with E-state index in [0.717, 1.165) is 22.8 Å². The van der Waals surface area contributed by atoms with Gasteiger partial charge in [-0.1, -0.05) is 33.0 Å². The second kappa shape index (κ2) is 5.98. The minimum absolute atomic E-state index is 0.0652. The average molecular weight is 302 g/mol. The Balaban J connectivity index is 2.38. The molecule has 1 aromatic carbocycles. The molecule has 3 nitrogen and oxygen atoms in total. The van der Waals surface area contributed by atoms with Gasteiger partial charge in [0.1, 0.15) is 16.2 Å². The van der Waals surface area contributed by atoms with Crippen molar-refractivity contribution in [3.8, 4) is 17.0 Å². The van der Waals surface area contributed by atoms with Crippen LogP contribution in [0.25, 0.3) is 11.3 Å². The summed E-state index contributed by atoms with van der Waals surface area (Å²) < 4.78 is 6.27. The molecule has 0 aliphatic carbocycles. The molecule has 2 rings (SSSR count). The summed E-state index contributed by atoms with van der Waals surface area (Å²) in [6, 6.07) is 9.91. The van der Waals surface area contributed by atoms with Crippen molar-refractivity contribution in [2.75, 3.05) is 0 Å².